The molecule has 1 fully saturated rings. The fourth-order valence-corrected chi connectivity index (χ4v) is 1.26. The van der Waals surface area contributed by atoms with Crippen molar-refractivity contribution in [1.29, 1.82) is 0 Å². The van der Waals surface area contributed by atoms with E-state index in [0.29, 0.717) is 19.5 Å². The number of carbonyl (C=O) groups excluding carboxylic acids is 1. The molecule has 0 spiro atoms. The highest BCUT2D eigenvalue weighted by molar-refractivity contribution is 5.77. The van der Waals surface area contributed by atoms with Crippen LogP contribution < -0.4 is 0 Å². The molecule has 0 radical (unpaired) electrons. The Morgan fingerprint density at radius 1 is 1.69 bits per heavy atom. The first-order valence-corrected chi connectivity index (χ1v) is 4.62. The van der Waals surface area contributed by atoms with Crippen molar-refractivity contribution in [3.05, 3.63) is 0 Å². The molecule has 1 aliphatic rings. The summed E-state index contributed by atoms with van der Waals surface area (Å²) in [5, 5.41) is 8.97. The summed E-state index contributed by atoms with van der Waals surface area (Å²) >= 11 is 0. The first-order valence-electron chi connectivity index (χ1n) is 4.62. The molecular weight excluding hydrogens is 170 g/mol. The van der Waals surface area contributed by atoms with Crippen LogP contribution in [0.1, 0.15) is 19.8 Å². The molecule has 0 bridgehead atoms. The standard InChI is InChI=1S/C9H17NO3/c1-7(13-2)3-4-9(12)10-5-8(11)6-10/h7-8,11H,3-6H2,1-2H3. The fourth-order valence-electron chi connectivity index (χ4n) is 1.26. The number of β-amino-alcohol motifs (C(OH)–C–C–N with tert-alkyl or cyclic N) is 1. The van der Waals surface area contributed by atoms with Crippen molar-refractivity contribution in [2.24, 2.45) is 0 Å². The smallest absolute Gasteiger partial charge is 0.222 e. The number of aliphatic hydroxyl groups excluding tert-OH is 1. The van der Waals surface area contributed by atoms with Crippen molar-refractivity contribution in [2.45, 2.75) is 32.0 Å². The van der Waals surface area contributed by atoms with Gasteiger partial charge < -0.3 is 14.7 Å². The van der Waals surface area contributed by atoms with Crippen LogP contribution in [-0.4, -0.2) is 48.3 Å². The van der Waals surface area contributed by atoms with E-state index in [-0.39, 0.29) is 18.1 Å². The molecule has 1 N–H and O–H groups in total. The van der Waals surface area contributed by atoms with Crippen molar-refractivity contribution in [3.63, 3.8) is 0 Å². The molecule has 1 heterocycles. The predicted octanol–water partition coefficient (Wildman–Crippen LogP) is 0.00460. The lowest BCUT2D eigenvalue weighted by Gasteiger charge is -2.36. The fraction of sp³-hybridized carbons (Fsp3) is 0.889. The molecule has 1 amide bonds. The Labute approximate surface area is 78.5 Å². The van der Waals surface area contributed by atoms with Crippen LogP contribution in [-0.2, 0) is 9.53 Å². The van der Waals surface area contributed by atoms with Crippen molar-refractivity contribution in [1.82, 2.24) is 4.90 Å². The van der Waals surface area contributed by atoms with Gasteiger partial charge in [-0.05, 0) is 13.3 Å². The highest BCUT2D eigenvalue weighted by Crippen LogP contribution is 2.11. The summed E-state index contributed by atoms with van der Waals surface area (Å²) in [6.07, 6.45) is 1.10. The first kappa shape index (κ1) is 10.5. The van der Waals surface area contributed by atoms with E-state index in [1.165, 1.54) is 0 Å². The summed E-state index contributed by atoms with van der Waals surface area (Å²) in [5.41, 5.74) is 0. The van der Waals surface area contributed by atoms with E-state index in [4.69, 9.17) is 9.84 Å². The zero-order valence-electron chi connectivity index (χ0n) is 8.19. The van der Waals surface area contributed by atoms with Crippen molar-refractivity contribution < 1.29 is 14.6 Å². The van der Waals surface area contributed by atoms with Gasteiger partial charge in [-0.1, -0.05) is 0 Å². The SMILES string of the molecule is COC(C)CCC(=O)N1CC(O)C1. The van der Waals surface area contributed by atoms with Gasteiger partial charge >= 0.3 is 0 Å². The van der Waals surface area contributed by atoms with E-state index in [1.807, 2.05) is 6.92 Å². The molecule has 1 aliphatic heterocycles. The van der Waals surface area contributed by atoms with Gasteiger partial charge in [-0.15, -0.1) is 0 Å². The van der Waals surface area contributed by atoms with E-state index in [1.54, 1.807) is 12.0 Å². The topological polar surface area (TPSA) is 49.8 Å². The third-order valence-electron chi connectivity index (χ3n) is 2.38. The quantitative estimate of drug-likeness (QED) is 0.674. The maximum absolute atomic E-state index is 11.4. The Kier molecular flexibility index (Phi) is 3.69. The van der Waals surface area contributed by atoms with Crippen molar-refractivity contribution >= 4 is 5.91 Å². The summed E-state index contributed by atoms with van der Waals surface area (Å²) in [7, 11) is 1.64. The molecule has 76 valence electrons. The van der Waals surface area contributed by atoms with Crippen molar-refractivity contribution in [2.75, 3.05) is 20.2 Å². The number of likely N-dealkylation sites (tertiary alicyclic amines) is 1. The average molecular weight is 187 g/mol. The molecule has 0 aliphatic carbocycles. The van der Waals surface area contributed by atoms with E-state index < -0.39 is 0 Å². The monoisotopic (exact) mass is 187 g/mol. The summed E-state index contributed by atoms with van der Waals surface area (Å²) < 4.78 is 5.03. The summed E-state index contributed by atoms with van der Waals surface area (Å²) in [5.74, 6) is 0.120. The molecule has 13 heavy (non-hydrogen) atoms. The first-order chi connectivity index (χ1) is 6.13. The number of hydrogen-bond acceptors (Lipinski definition) is 3. The van der Waals surface area contributed by atoms with Gasteiger partial charge in [0, 0.05) is 26.6 Å². The summed E-state index contributed by atoms with van der Waals surface area (Å²) in [6.45, 7) is 2.94. The minimum atomic E-state index is -0.302. The van der Waals surface area contributed by atoms with Crippen LogP contribution in [0.4, 0.5) is 0 Å². The third-order valence-corrected chi connectivity index (χ3v) is 2.38. The number of methoxy groups -OCH3 is 1. The van der Waals surface area contributed by atoms with E-state index in [0.717, 1.165) is 6.42 Å². The lowest BCUT2D eigenvalue weighted by molar-refractivity contribution is -0.141. The van der Waals surface area contributed by atoms with Gasteiger partial charge in [0.05, 0.1) is 12.2 Å². The molecule has 0 aromatic rings. The van der Waals surface area contributed by atoms with Crippen molar-refractivity contribution in [3.8, 4) is 0 Å². The molecule has 1 atom stereocenters. The Morgan fingerprint density at radius 3 is 2.77 bits per heavy atom. The third kappa shape index (κ3) is 2.97. The molecule has 1 unspecified atom stereocenters. The van der Waals surface area contributed by atoms with E-state index in [9.17, 15) is 4.79 Å². The van der Waals surface area contributed by atoms with Crippen LogP contribution in [0.3, 0.4) is 0 Å². The second kappa shape index (κ2) is 4.58. The minimum absolute atomic E-state index is 0.120. The Bertz CT molecular complexity index is 178. The van der Waals surface area contributed by atoms with Crippen LogP contribution in [0, 0.1) is 0 Å². The Hall–Kier alpha value is -0.610. The number of amides is 1. The molecule has 4 heteroatoms. The highest BCUT2D eigenvalue weighted by atomic mass is 16.5. The van der Waals surface area contributed by atoms with Crippen LogP contribution >= 0.6 is 0 Å². The number of aliphatic hydroxyl groups is 1. The maximum Gasteiger partial charge on any atom is 0.222 e. The van der Waals surface area contributed by atoms with Crippen LogP contribution in [0.5, 0.6) is 0 Å². The van der Waals surface area contributed by atoms with Gasteiger partial charge in [0.25, 0.3) is 0 Å². The van der Waals surface area contributed by atoms with Crippen LogP contribution in [0.25, 0.3) is 0 Å². The molecule has 1 saturated heterocycles. The second-order valence-electron chi connectivity index (χ2n) is 3.54. The number of carbonyl (C=O) groups is 1. The average Bonchev–Trinajstić information content (AvgIpc) is 2.08. The van der Waals surface area contributed by atoms with Gasteiger partial charge in [0.15, 0.2) is 0 Å². The van der Waals surface area contributed by atoms with E-state index in [2.05, 4.69) is 0 Å². The van der Waals surface area contributed by atoms with Gasteiger partial charge in [0.1, 0.15) is 0 Å². The Balaban J connectivity index is 2.11. The van der Waals surface area contributed by atoms with Gasteiger partial charge in [-0.2, -0.15) is 0 Å². The molecular formula is C9H17NO3. The molecule has 0 aromatic carbocycles. The summed E-state index contributed by atoms with van der Waals surface area (Å²) in [4.78, 5) is 13.0. The molecule has 4 nitrogen and oxygen atoms in total. The predicted molar refractivity (Wildman–Crippen MR) is 48.3 cm³/mol. The van der Waals surface area contributed by atoms with Gasteiger partial charge in [-0.3, -0.25) is 4.79 Å². The summed E-state index contributed by atoms with van der Waals surface area (Å²) in [6, 6.07) is 0. The maximum atomic E-state index is 11.4. The minimum Gasteiger partial charge on any atom is -0.389 e. The highest BCUT2D eigenvalue weighted by Gasteiger charge is 2.28. The van der Waals surface area contributed by atoms with Gasteiger partial charge in [-0.25, -0.2) is 0 Å². The zero-order valence-corrected chi connectivity index (χ0v) is 8.19. The lowest BCUT2D eigenvalue weighted by Crippen LogP contribution is -2.53. The van der Waals surface area contributed by atoms with Crippen LogP contribution in [0.2, 0.25) is 0 Å². The van der Waals surface area contributed by atoms with Crippen LogP contribution in [0.15, 0.2) is 0 Å². The molecule has 0 saturated carbocycles. The zero-order chi connectivity index (χ0) is 9.84. The normalized spacial score (nSPS) is 19.8. The lowest BCUT2D eigenvalue weighted by atomic mass is 10.1. The van der Waals surface area contributed by atoms with E-state index >= 15 is 0 Å². The Morgan fingerprint density at radius 2 is 2.31 bits per heavy atom. The molecule has 1 rings (SSSR count). The molecule has 0 aromatic heterocycles. The number of rotatable bonds is 4. The second-order valence-corrected chi connectivity index (χ2v) is 3.54. The number of ether oxygens (including phenoxy) is 1. The van der Waals surface area contributed by atoms with Gasteiger partial charge in [0.2, 0.25) is 5.91 Å². The largest absolute Gasteiger partial charge is 0.389 e. The number of nitrogens with zero attached hydrogens (tertiary/aromatic N) is 1. The number of hydrogen-bond donors (Lipinski definition) is 1.